The van der Waals surface area contributed by atoms with E-state index < -0.39 is 0 Å². The molecule has 2 aromatic rings. The van der Waals surface area contributed by atoms with Crippen molar-refractivity contribution in [3.63, 3.8) is 0 Å². The van der Waals surface area contributed by atoms with E-state index in [1.54, 1.807) is 25.4 Å². The molecule has 0 aliphatic heterocycles. The smallest absolute Gasteiger partial charge is 0.337 e. The van der Waals surface area contributed by atoms with Gasteiger partial charge in [-0.1, -0.05) is 6.07 Å². The second-order valence-electron chi connectivity index (χ2n) is 4.56. The molecule has 20 heavy (non-hydrogen) atoms. The zero-order chi connectivity index (χ0) is 14.5. The van der Waals surface area contributed by atoms with Gasteiger partial charge in [0.2, 0.25) is 0 Å². The van der Waals surface area contributed by atoms with Gasteiger partial charge in [-0.2, -0.15) is 0 Å². The van der Waals surface area contributed by atoms with Gasteiger partial charge in [-0.3, -0.25) is 4.98 Å². The predicted octanol–water partition coefficient (Wildman–Crippen LogP) is 2.99. The van der Waals surface area contributed by atoms with Crippen LogP contribution < -0.4 is 0 Å². The maximum absolute atomic E-state index is 11.7. The molecule has 4 nitrogen and oxygen atoms in total. The third-order valence-electron chi connectivity index (χ3n) is 2.93. The minimum Gasteiger partial charge on any atom is -0.465 e. The summed E-state index contributed by atoms with van der Waals surface area (Å²) in [5.74, 6) is -0.365. The van der Waals surface area contributed by atoms with Crippen LogP contribution in [-0.4, -0.2) is 25.2 Å². The normalized spacial score (nSPS) is 10.3. The summed E-state index contributed by atoms with van der Waals surface area (Å²) in [6, 6.07) is 9.44. The summed E-state index contributed by atoms with van der Waals surface area (Å²) >= 11 is 0. The lowest BCUT2D eigenvalue weighted by molar-refractivity contribution is 0.0600. The number of ether oxygens (including phenoxy) is 2. The molecule has 0 N–H and O–H groups in total. The Kier molecular flexibility index (Phi) is 4.48. The third-order valence-corrected chi connectivity index (χ3v) is 2.93. The molecule has 4 heteroatoms. The first-order valence-corrected chi connectivity index (χ1v) is 6.28. The fourth-order valence-electron chi connectivity index (χ4n) is 1.96. The van der Waals surface area contributed by atoms with Crippen molar-refractivity contribution in [1.29, 1.82) is 0 Å². The number of hydrogen-bond donors (Lipinski definition) is 0. The van der Waals surface area contributed by atoms with E-state index >= 15 is 0 Å². The van der Waals surface area contributed by atoms with E-state index in [-0.39, 0.29) is 5.97 Å². The topological polar surface area (TPSA) is 48.4 Å². The molecule has 0 atom stereocenters. The monoisotopic (exact) mass is 271 g/mol. The number of carbonyl (C=O) groups is 1. The SMILES string of the molecule is COCc1cc(C(=O)OC)cc(-c2ccc(C)cn2)c1. The van der Waals surface area contributed by atoms with E-state index in [0.717, 1.165) is 22.4 Å². The van der Waals surface area contributed by atoms with E-state index in [0.29, 0.717) is 12.2 Å². The number of aromatic nitrogens is 1. The largest absolute Gasteiger partial charge is 0.465 e. The minimum atomic E-state index is -0.365. The zero-order valence-electron chi connectivity index (χ0n) is 11.8. The van der Waals surface area contributed by atoms with Gasteiger partial charge in [0.15, 0.2) is 0 Å². The highest BCUT2D eigenvalue weighted by Gasteiger charge is 2.10. The van der Waals surface area contributed by atoms with Crippen LogP contribution in [0.15, 0.2) is 36.5 Å². The van der Waals surface area contributed by atoms with Gasteiger partial charge in [0.25, 0.3) is 0 Å². The summed E-state index contributed by atoms with van der Waals surface area (Å²) < 4.78 is 9.91. The van der Waals surface area contributed by atoms with E-state index in [2.05, 4.69) is 4.98 Å². The first-order valence-electron chi connectivity index (χ1n) is 6.28. The van der Waals surface area contributed by atoms with Gasteiger partial charge in [0, 0.05) is 18.9 Å². The number of methoxy groups -OCH3 is 2. The Labute approximate surface area is 118 Å². The number of benzene rings is 1. The van der Waals surface area contributed by atoms with Gasteiger partial charge in [0.1, 0.15) is 0 Å². The van der Waals surface area contributed by atoms with Crippen LogP contribution in [0.5, 0.6) is 0 Å². The Balaban J connectivity index is 2.48. The molecule has 0 radical (unpaired) electrons. The average Bonchev–Trinajstić information content (AvgIpc) is 2.47. The number of hydrogen-bond acceptors (Lipinski definition) is 4. The molecule has 0 bridgehead atoms. The minimum absolute atomic E-state index is 0.365. The van der Waals surface area contributed by atoms with Gasteiger partial charge in [-0.05, 0) is 42.3 Å². The van der Waals surface area contributed by atoms with Crippen molar-refractivity contribution in [2.45, 2.75) is 13.5 Å². The highest BCUT2D eigenvalue weighted by atomic mass is 16.5. The highest BCUT2D eigenvalue weighted by Crippen LogP contribution is 2.22. The van der Waals surface area contributed by atoms with E-state index in [9.17, 15) is 4.79 Å². The van der Waals surface area contributed by atoms with E-state index in [1.165, 1.54) is 7.11 Å². The summed E-state index contributed by atoms with van der Waals surface area (Å²) in [7, 11) is 2.99. The fourth-order valence-corrected chi connectivity index (χ4v) is 1.96. The Morgan fingerprint density at radius 1 is 1.20 bits per heavy atom. The standard InChI is InChI=1S/C16H17NO3/c1-11-4-5-15(17-9-11)13-6-12(10-19-2)7-14(8-13)16(18)20-3/h4-9H,10H2,1-3H3. The maximum atomic E-state index is 11.7. The van der Waals surface area contributed by atoms with Crippen LogP contribution in [0.25, 0.3) is 11.3 Å². The van der Waals surface area contributed by atoms with Gasteiger partial charge in [-0.25, -0.2) is 4.79 Å². The number of aryl methyl sites for hydroxylation is 1. The average molecular weight is 271 g/mol. The van der Waals surface area contributed by atoms with Crippen LogP contribution in [0.3, 0.4) is 0 Å². The number of esters is 1. The van der Waals surface area contributed by atoms with Crippen molar-refractivity contribution in [2.75, 3.05) is 14.2 Å². The third kappa shape index (κ3) is 3.22. The van der Waals surface area contributed by atoms with Crippen molar-refractivity contribution in [3.05, 3.63) is 53.2 Å². The van der Waals surface area contributed by atoms with Crippen LogP contribution in [0.2, 0.25) is 0 Å². The molecule has 1 aromatic carbocycles. The molecule has 0 aliphatic rings. The Morgan fingerprint density at radius 3 is 2.60 bits per heavy atom. The molecule has 0 amide bonds. The van der Waals surface area contributed by atoms with Crippen LogP contribution in [0.1, 0.15) is 21.5 Å². The summed E-state index contributed by atoms with van der Waals surface area (Å²) in [4.78, 5) is 16.1. The molecule has 0 saturated carbocycles. The van der Waals surface area contributed by atoms with Gasteiger partial charge < -0.3 is 9.47 Å². The lowest BCUT2D eigenvalue weighted by Crippen LogP contribution is -2.03. The number of carbonyl (C=O) groups excluding carboxylic acids is 1. The number of pyridine rings is 1. The van der Waals surface area contributed by atoms with Crippen LogP contribution in [0, 0.1) is 6.92 Å². The fraction of sp³-hybridized carbons (Fsp3) is 0.250. The quantitative estimate of drug-likeness (QED) is 0.802. The Bertz CT molecular complexity index is 606. The summed E-state index contributed by atoms with van der Waals surface area (Å²) in [6.45, 7) is 2.42. The van der Waals surface area contributed by atoms with Gasteiger partial charge in [0.05, 0.1) is 25.0 Å². The van der Waals surface area contributed by atoms with Crippen LogP contribution in [0.4, 0.5) is 0 Å². The lowest BCUT2D eigenvalue weighted by atomic mass is 10.0. The van der Waals surface area contributed by atoms with Gasteiger partial charge >= 0.3 is 5.97 Å². The van der Waals surface area contributed by atoms with Crippen molar-refractivity contribution in [1.82, 2.24) is 4.98 Å². The van der Waals surface area contributed by atoms with Crippen molar-refractivity contribution in [3.8, 4) is 11.3 Å². The van der Waals surface area contributed by atoms with Crippen LogP contribution >= 0.6 is 0 Å². The number of nitrogens with zero attached hydrogens (tertiary/aromatic N) is 1. The molecule has 0 saturated heterocycles. The molecular formula is C16H17NO3. The Hall–Kier alpha value is -2.20. The molecule has 1 aromatic heterocycles. The molecular weight excluding hydrogens is 254 g/mol. The van der Waals surface area contributed by atoms with Gasteiger partial charge in [-0.15, -0.1) is 0 Å². The molecule has 1 heterocycles. The first-order chi connectivity index (χ1) is 9.63. The second kappa shape index (κ2) is 6.30. The molecule has 104 valence electrons. The zero-order valence-corrected chi connectivity index (χ0v) is 11.8. The first kappa shape index (κ1) is 14.2. The summed E-state index contributed by atoms with van der Waals surface area (Å²) in [5.41, 5.74) is 4.20. The maximum Gasteiger partial charge on any atom is 0.337 e. The van der Waals surface area contributed by atoms with E-state index in [1.807, 2.05) is 25.1 Å². The second-order valence-corrected chi connectivity index (χ2v) is 4.56. The molecule has 0 fully saturated rings. The molecule has 0 spiro atoms. The summed E-state index contributed by atoms with van der Waals surface area (Å²) in [6.07, 6.45) is 1.80. The molecule has 0 unspecified atom stereocenters. The van der Waals surface area contributed by atoms with Crippen LogP contribution in [-0.2, 0) is 16.1 Å². The molecule has 2 rings (SSSR count). The van der Waals surface area contributed by atoms with Crippen molar-refractivity contribution >= 4 is 5.97 Å². The van der Waals surface area contributed by atoms with E-state index in [4.69, 9.17) is 9.47 Å². The number of rotatable bonds is 4. The van der Waals surface area contributed by atoms with Crippen molar-refractivity contribution < 1.29 is 14.3 Å². The summed E-state index contributed by atoms with van der Waals surface area (Å²) in [5, 5.41) is 0. The highest BCUT2D eigenvalue weighted by molar-refractivity contribution is 5.91. The molecule has 0 aliphatic carbocycles. The predicted molar refractivity (Wildman–Crippen MR) is 76.5 cm³/mol. The Morgan fingerprint density at radius 2 is 2.00 bits per heavy atom. The van der Waals surface area contributed by atoms with Crippen molar-refractivity contribution in [2.24, 2.45) is 0 Å². The lowest BCUT2D eigenvalue weighted by Gasteiger charge is -2.08.